The van der Waals surface area contributed by atoms with Crippen molar-refractivity contribution in [2.45, 2.75) is 39.3 Å². The molecule has 0 aliphatic carbocycles. The van der Waals surface area contributed by atoms with Crippen molar-refractivity contribution in [1.29, 1.82) is 0 Å². The molecule has 1 saturated heterocycles. The van der Waals surface area contributed by atoms with Gasteiger partial charge in [-0.25, -0.2) is 4.68 Å². The molecule has 1 aromatic heterocycles. The quantitative estimate of drug-likeness (QED) is 0.930. The Morgan fingerprint density at radius 2 is 2.05 bits per heavy atom. The van der Waals surface area contributed by atoms with Crippen molar-refractivity contribution in [1.82, 2.24) is 15.0 Å². The molecule has 0 bridgehead atoms. The molecule has 2 N–H and O–H groups in total. The number of aryl methyl sites for hydroxylation is 2. The summed E-state index contributed by atoms with van der Waals surface area (Å²) in [5, 5.41) is 8.51. The van der Waals surface area contributed by atoms with E-state index in [0.29, 0.717) is 6.54 Å². The Morgan fingerprint density at radius 1 is 1.30 bits per heavy atom. The van der Waals surface area contributed by atoms with Gasteiger partial charge in [0.2, 0.25) is 0 Å². The summed E-state index contributed by atoms with van der Waals surface area (Å²) in [5.74, 6) is 0. The Balaban J connectivity index is 2.10. The number of ether oxygens (including phenoxy) is 1. The van der Waals surface area contributed by atoms with Crippen LogP contribution in [0.5, 0.6) is 0 Å². The maximum Gasteiger partial charge on any atom is 0.103 e. The van der Waals surface area contributed by atoms with E-state index in [1.165, 1.54) is 11.1 Å². The van der Waals surface area contributed by atoms with Crippen LogP contribution in [0.15, 0.2) is 18.2 Å². The van der Waals surface area contributed by atoms with E-state index in [2.05, 4.69) is 42.4 Å². The molecule has 5 nitrogen and oxygen atoms in total. The van der Waals surface area contributed by atoms with Crippen LogP contribution in [0.25, 0.3) is 5.69 Å². The molecule has 3 rings (SSSR count). The summed E-state index contributed by atoms with van der Waals surface area (Å²) in [4.78, 5) is 0. The van der Waals surface area contributed by atoms with Crippen LogP contribution in [0.3, 0.4) is 0 Å². The summed E-state index contributed by atoms with van der Waals surface area (Å²) in [5.41, 5.74) is 11.1. The van der Waals surface area contributed by atoms with Crippen LogP contribution in [-0.2, 0) is 11.3 Å². The van der Waals surface area contributed by atoms with E-state index in [4.69, 9.17) is 10.5 Å². The average Bonchev–Trinajstić information content (AvgIpc) is 3.06. The van der Waals surface area contributed by atoms with Gasteiger partial charge in [-0.05, 0) is 49.9 Å². The predicted octanol–water partition coefficient (Wildman–Crippen LogP) is 2.19. The third-order valence-electron chi connectivity index (χ3n) is 3.66. The fourth-order valence-electron chi connectivity index (χ4n) is 2.84. The molecule has 2 aromatic rings. The summed E-state index contributed by atoms with van der Waals surface area (Å²) in [6.45, 7) is 5.36. The molecule has 0 amide bonds. The van der Waals surface area contributed by atoms with E-state index in [9.17, 15) is 0 Å². The smallest absolute Gasteiger partial charge is 0.103 e. The van der Waals surface area contributed by atoms with Crippen molar-refractivity contribution >= 4 is 0 Å². The van der Waals surface area contributed by atoms with E-state index in [0.717, 1.165) is 36.5 Å². The number of rotatable bonds is 3. The van der Waals surface area contributed by atoms with Gasteiger partial charge < -0.3 is 10.5 Å². The molecule has 2 heterocycles. The van der Waals surface area contributed by atoms with E-state index < -0.39 is 0 Å². The molecular formula is C15H20N4O. The number of aromatic nitrogens is 3. The predicted molar refractivity (Wildman–Crippen MR) is 76.7 cm³/mol. The van der Waals surface area contributed by atoms with E-state index in [1.54, 1.807) is 0 Å². The number of nitrogens with zero attached hydrogens (tertiary/aromatic N) is 3. The van der Waals surface area contributed by atoms with Gasteiger partial charge in [0.15, 0.2) is 0 Å². The second-order valence-corrected chi connectivity index (χ2v) is 5.38. The number of hydrogen-bond donors (Lipinski definition) is 1. The highest BCUT2D eigenvalue weighted by Gasteiger charge is 2.26. The summed E-state index contributed by atoms with van der Waals surface area (Å²) in [6.07, 6.45) is 2.14. The molecule has 1 atom stereocenters. The van der Waals surface area contributed by atoms with E-state index >= 15 is 0 Å². The zero-order valence-electron chi connectivity index (χ0n) is 12.0. The number of hydrogen-bond acceptors (Lipinski definition) is 4. The van der Waals surface area contributed by atoms with E-state index in [1.807, 2.05) is 4.68 Å². The van der Waals surface area contributed by atoms with Gasteiger partial charge in [-0.1, -0.05) is 11.3 Å². The molecule has 0 spiro atoms. The molecule has 5 heteroatoms. The minimum atomic E-state index is 0.0596. The van der Waals surface area contributed by atoms with Crippen LogP contribution >= 0.6 is 0 Å². The topological polar surface area (TPSA) is 66.0 Å². The highest BCUT2D eigenvalue weighted by Crippen LogP contribution is 2.31. The van der Waals surface area contributed by atoms with Gasteiger partial charge in [0.05, 0.1) is 11.4 Å². The van der Waals surface area contributed by atoms with Gasteiger partial charge in [-0.15, -0.1) is 5.10 Å². The highest BCUT2D eigenvalue weighted by atomic mass is 16.5. The minimum Gasteiger partial charge on any atom is -0.372 e. The standard InChI is InChI=1S/C15H20N4O/c1-10-6-11(2)8-12(7-10)19-15(13(9-16)17-18-19)14-4-3-5-20-14/h6-8,14H,3-5,9,16H2,1-2H3. The highest BCUT2D eigenvalue weighted by molar-refractivity contribution is 5.40. The van der Waals surface area contributed by atoms with Gasteiger partial charge in [0, 0.05) is 13.2 Å². The SMILES string of the molecule is Cc1cc(C)cc(-n2nnc(CN)c2C2CCCO2)c1. The van der Waals surface area contributed by atoms with Crippen molar-refractivity contribution in [2.24, 2.45) is 5.73 Å². The fourth-order valence-corrected chi connectivity index (χ4v) is 2.84. The van der Waals surface area contributed by atoms with Crippen LogP contribution in [0.2, 0.25) is 0 Å². The first-order valence-corrected chi connectivity index (χ1v) is 7.04. The Hall–Kier alpha value is -1.72. The van der Waals surface area contributed by atoms with E-state index in [-0.39, 0.29) is 6.10 Å². The van der Waals surface area contributed by atoms with Crippen LogP contribution in [0, 0.1) is 13.8 Å². The Morgan fingerprint density at radius 3 is 2.65 bits per heavy atom. The molecule has 1 unspecified atom stereocenters. The molecule has 0 radical (unpaired) electrons. The van der Waals surface area contributed by atoms with Crippen LogP contribution in [0.4, 0.5) is 0 Å². The van der Waals surface area contributed by atoms with Gasteiger partial charge >= 0.3 is 0 Å². The lowest BCUT2D eigenvalue weighted by atomic mass is 10.1. The van der Waals surface area contributed by atoms with Crippen LogP contribution < -0.4 is 5.73 Å². The minimum absolute atomic E-state index is 0.0596. The summed E-state index contributed by atoms with van der Waals surface area (Å²) in [6, 6.07) is 6.37. The Labute approximate surface area is 118 Å². The Bertz CT molecular complexity index is 594. The van der Waals surface area contributed by atoms with Crippen molar-refractivity contribution in [3.8, 4) is 5.69 Å². The molecule has 1 aliphatic rings. The van der Waals surface area contributed by atoms with Gasteiger partial charge in [0.1, 0.15) is 11.8 Å². The largest absolute Gasteiger partial charge is 0.372 e. The second kappa shape index (κ2) is 5.34. The third-order valence-corrected chi connectivity index (χ3v) is 3.66. The molecule has 1 aliphatic heterocycles. The molecule has 0 saturated carbocycles. The first-order valence-electron chi connectivity index (χ1n) is 7.04. The monoisotopic (exact) mass is 272 g/mol. The van der Waals surface area contributed by atoms with Gasteiger partial charge in [-0.3, -0.25) is 0 Å². The molecule has 1 aromatic carbocycles. The lowest BCUT2D eigenvalue weighted by molar-refractivity contribution is 0.106. The zero-order valence-corrected chi connectivity index (χ0v) is 12.0. The lowest BCUT2D eigenvalue weighted by Crippen LogP contribution is -2.11. The maximum atomic E-state index is 5.81. The summed E-state index contributed by atoms with van der Waals surface area (Å²) in [7, 11) is 0. The third kappa shape index (κ3) is 2.34. The fraction of sp³-hybridized carbons (Fsp3) is 0.467. The van der Waals surface area contributed by atoms with Crippen molar-refractivity contribution in [3.63, 3.8) is 0 Å². The Kier molecular flexibility index (Phi) is 3.54. The first kappa shape index (κ1) is 13.3. The molecular weight excluding hydrogens is 252 g/mol. The van der Waals surface area contributed by atoms with Crippen LogP contribution in [-0.4, -0.2) is 21.6 Å². The zero-order chi connectivity index (χ0) is 14.1. The number of nitrogens with two attached hydrogens (primary N) is 1. The average molecular weight is 272 g/mol. The summed E-state index contributed by atoms with van der Waals surface area (Å²) >= 11 is 0. The van der Waals surface area contributed by atoms with Gasteiger partial charge in [-0.2, -0.15) is 0 Å². The number of benzene rings is 1. The normalized spacial score (nSPS) is 18.6. The summed E-state index contributed by atoms with van der Waals surface area (Å²) < 4.78 is 7.69. The van der Waals surface area contributed by atoms with Crippen molar-refractivity contribution < 1.29 is 4.74 Å². The van der Waals surface area contributed by atoms with Crippen molar-refractivity contribution in [2.75, 3.05) is 6.61 Å². The molecule has 1 fully saturated rings. The van der Waals surface area contributed by atoms with Gasteiger partial charge in [0.25, 0.3) is 0 Å². The molecule has 106 valence electrons. The van der Waals surface area contributed by atoms with Crippen molar-refractivity contribution in [3.05, 3.63) is 40.7 Å². The lowest BCUT2D eigenvalue weighted by Gasteiger charge is -2.14. The molecule has 20 heavy (non-hydrogen) atoms. The van der Waals surface area contributed by atoms with Crippen LogP contribution in [0.1, 0.15) is 41.5 Å². The maximum absolute atomic E-state index is 5.81. The second-order valence-electron chi connectivity index (χ2n) is 5.38. The first-order chi connectivity index (χ1) is 9.69.